The molecule has 0 fully saturated rings. The Morgan fingerprint density at radius 1 is 1.12 bits per heavy atom. The number of benzene rings is 1. The number of hydrogen-bond donors (Lipinski definition) is 1. The summed E-state index contributed by atoms with van der Waals surface area (Å²) >= 11 is 0. The molecule has 0 spiro atoms. The van der Waals surface area contributed by atoms with Gasteiger partial charge in [-0.1, -0.05) is 45.9 Å². The van der Waals surface area contributed by atoms with Crippen molar-refractivity contribution < 1.29 is 33.6 Å². The fraction of sp³-hybridized carbons (Fsp3) is 0.458. The van der Waals surface area contributed by atoms with E-state index < -0.39 is 35.2 Å². The molecule has 1 aromatic carbocycles. The van der Waals surface area contributed by atoms with E-state index in [1.54, 1.807) is 6.92 Å². The molecule has 32 heavy (non-hydrogen) atoms. The van der Waals surface area contributed by atoms with Crippen LogP contribution in [0.15, 0.2) is 42.6 Å². The smallest absolute Gasteiger partial charge is 0.309 e. The second-order valence-electron chi connectivity index (χ2n) is 7.96. The van der Waals surface area contributed by atoms with E-state index in [2.05, 4.69) is 0 Å². The molecule has 1 aromatic heterocycles. The minimum absolute atomic E-state index is 0.000405. The van der Waals surface area contributed by atoms with Gasteiger partial charge in [-0.05, 0) is 24.5 Å². The van der Waals surface area contributed by atoms with Crippen LogP contribution < -0.4 is 14.2 Å². The van der Waals surface area contributed by atoms with Gasteiger partial charge < -0.3 is 24.5 Å². The van der Waals surface area contributed by atoms with Crippen molar-refractivity contribution in [1.82, 2.24) is 0 Å². The number of ketones is 1. The number of rotatable bonds is 11. The maximum Gasteiger partial charge on any atom is 0.309 e. The molecule has 1 N–H and O–H groups in total. The molecule has 0 radical (unpaired) electrons. The minimum atomic E-state index is -0.827. The van der Waals surface area contributed by atoms with Crippen molar-refractivity contribution in [2.24, 2.45) is 11.8 Å². The number of Topliss-reactive ketones (excluding diaryl/α,β-unsaturated/α-hetero) is 1. The zero-order chi connectivity index (χ0) is 23.8. The van der Waals surface area contributed by atoms with Gasteiger partial charge >= 0.3 is 11.7 Å². The number of ether oxygens (including phenoxy) is 3. The van der Waals surface area contributed by atoms with Gasteiger partial charge in [-0.15, -0.1) is 0 Å². The Kier molecular flexibility index (Phi) is 8.87. The molecule has 0 aliphatic rings. The van der Waals surface area contributed by atoms with Crippen molar-refractivity contribution in [2.45, 2.75) is 52.7 Å². The summed E-state index contributed by atoms with van der Waals surface area (Å²) in [6.45, 7) is 7.40. The molecule has 174 valence electrons. The lowest BCUT2D eigenvalue weighted by Crippen LogP contribution is -2.40. The third kappa shape index (κ3) is 6.12. The normalized spacial score (nSPS) is 13.8. The van der Waals surface area contributed by atoms with Crippen LogP contribution in [0.2, 0.25) is 0 Å². The van der Waals surface area contributed by atoms with Crippen LogP contribution in [-0.2, 0) is 9.53 Å². The predicted molar refractivity (Wildman–Crippen MR) is 118 cm³/mol. The van der Waals surface area contributed by atoms with Crippen molar-refractivity contribution in [3.8, 4) is 17.2 Å². The maximum absolute atomic E-state index is 12.7. The molecule has 1 heterocycles. The van der Waals surface area contributed by atoms with E-state index in [-0.39, 0.29) is 28.9 Å². The molecule has 0 unspecified atom stereocenters. The Morgan fingerprint density at radius 3 is 2.34 bits per heavy atom. The van der Waals surface area contributed by atoms with E-state index in [9.17, 15) is 19.9 Å². The lowest BCUT2D eigenvalue weighted by Gasteiger charge is -2.30. The Bertz CT molecular complexity index is 914. The summed E-state index contributed by atoms with van der Waals surface area (Å²) in [6.07, 6.45) is 0.398. The van der Waals surface area contributed by atoms with E-state index in [1.807, 2.05) is 51.1 Å². The van der Waals surface area contributed by atoms with E-state index >= 15 is 0 Å². The molecule has 0 aliphatic carbocycles. The molecular formula is C24H31NO7. The third-order valence-corrected chi connectivity index (χ3v) is 5.13. The molecule has 2 rings (SSSR count). The maximum atomic E-state index is 12.7. The first kappa shape index (κ1) is 25.0. The first-order valence-electron chi connectivity index (χ1n) is 10.6. The lowest BCUT2D eigenvalue weighted by atomic mass is 9.98. The van der Waals surface area contributed by atoms with Crippen molar-refractivity contribution in [2.75, 3.05) is 7.11 Å². The van der Waals surface area contributed by atoms with E-state index in [4.69, 9.17) is 14.2 Å². The Balaban J connectivity index is 2.10. The van der Waals surface area contributed by atoms with Crippen molar-refractivity contribution in [3.63, 3.8) is 0 Å². The zero-order valence-electron chi connectivity index (χ0n) is 19.1. The number of nitrogens with zero attached hydrogens (tertiary/aromatic N) is 1. The fourth-order valence-electron chi connectivity index (χ4n) is 3.33. The molecule has 2 aromatic rings. The highest BCUT2D eigenvalue weighted by Gasteiger charge is 2.33. The molecule has 0 saturated heterocycles. The van der Waals surface area contributed by atoms with Gasteiger partial charge in [0, 0.05) is 12.5 Å². The van der Waals surface area contributed by atoms with E-state index in [0.29, 0.717) is 12.2 Å². The summed E-state index contributed by atoms with van der Waals surface area (Å²) < 4.78 is 17.0. The van der Waals surface area contributed by atoms with Gasteiger partial charge in [-0.3, -0.25) is 9.59 Å². The van der Waals surface area contributed by atoms with Crippen LogP contribution >= 0.6 is 0 Å². The quantitative estimate of drug-likeness (QED) is 0.243. The molecule has 8 heteroatoms. The number of aromatic hydroxyl groups is 1. The van der Waals surface area contributed by atoms with Gasteiger partial charge in [0.1, 0.15) is 18.0 Å². The van der Waals surface area contributed by atoms with Crippen molar-refractivity contribution >= 4 is 11.8 Å². The van der Waals surface area contributed by atoms with Crippen LogP contribution in [0.25, 0.3) is 0 Å². The summed E-state index contributed by atoms with van der Waals surface area (Å²) in [5.74, 6) is -1.90. The first-order chi connectivity index (χ1) is 15.2. The molecule has 0 bridgehead atoms. The highest BCUT2D eigenvalue weighted by molar-refractivity contribution is 5.97. The summed E-state index contributed by atoms with van der Waals surface area (Å²) in [5.41, 5.74) is -0.469. The monoisotopic (exact) mass is 445 g/mol. The van der Waals surface area contributed by atoms with Gasteiger partial charge in [0.05, 0.1) is 13.0 Å². The zero-order valence-corrected chi connectivity index (χ0v) is 19.1. The average molecular weight is 446 g/mol. The Labute approximate surface area is 188 Å². The standard InChI is InChI=1S/C24H31NO7/c1-6-19(23(15(2)3)31-17-10-8-7-9-11-17)32-24(28)16(4)14-18(26)21-22(27)20(30-5)12-13-25(21)29/h7-13,15-16,19,23,27H,6,14H2,1-5H3/t16-,19+,23-/m1/s1. The van der Waals surface area contributed by atoms with Crippen LogP contribution in [0.5, 0.6) is 17.2 Å². The Morgan fingerprint density at radius 2 is 1.78 bits per heavy atom. The summed E-state index contributed by atoms with van der Waals surface area (Å²) in [7, 11) is 1.31. The third-order valence-electron chi connectivity index (χ3n) is 5.13. The average Bonchev–Trinajstić information content (AvgIpc) is 2.76. The topological polar surface area (TPSA) is 109 Å². The fourth-order valence-corrected chi connectivity index (χ4v) is 3.33. The van der Waals surface area contributed by atoms with Crippen molar-refractivity contribution in [1.29, 1.82) is 0 Å². The number of carbonyl (C=O) groups is 2. The second kappa shape index (κ2) is 11.4. The number of aromatic nitrogens is 1. The summed E-state index contributed by atoms with van der Waals surface area (Å²) in [5, 5.41) is 22.2. The largest absolute Gasteiger partial charge is 0.618 e. The van der Waals surface area contributed by atoms with Crippen LogP contribution in [0.1, 0.15) is 51.0 Å². The van der Waals surface area contributed by atoms with Gasteiger partial charge in [-0.2, -0.15) is 4.73 Å². The van der Waals surface area contributed by atoms with Gasteiger partial charge in [0.2, 0.25) is 11.5 Å². The number of carbonyl (C=O) groups excluding carboxylic acids is 2. The molecular weight excluding hydrogens is 414 g/mol. The molecule has 0 amide bonds. The van der Waals surface area contributed by atoms with Crippen LogP contribution in [0.3, 0.4) is 0 Å². The van der Waals surface area contributed by atoms with Crippen LogP contribution in [0, 0.1) is 17.0 Å². The molecule has 8 nitrogen and oxygen atoms in total. The number of esters is 1. The predicted octanol–water partition coefficient (Wildman–Crippen LogP) is 3.67. The van der Waals surface area contributed by atoms with Gasteiger partial charge in [0.15, 0.2) is 11.9 Å². The highest BCUT2D eigenvalue weighted by Crippen LogP contribution is 2.28. The number of methoxy groups -OCH3 is 1. The van der Waals surface area contributed by atoms with E-state index in [0.717, 1.165) is 6.20 Å². The summed E-state index contributed by atoms with van der Waals surface area (Å²) in [6, 6.07) is 10.5. The second-order valence-corrected chi connectivity index (χ2v) is 7.96. The highest BCUT2D eigenvalue weighted by atomic mass is 16.6. The SMILES string of the molecule is CC[C@H](OC(=O)[C@H](C)CC(=O)c1c(O)c(OC)cc[n+]1[O-])[C@H](Oc1ccccc1)C(C)C. The molecule has 0 saturated carbocycles. The molecule has 0 aliphatic heterocycles. The van der Waals surface area contributed by atoms with E-state index in [1.165, 1.54) is 13.2 Å². The lowest BCUT2D eigenvalue weighted by molar-refractivity contribution is -0.608. The number of pyridine rings is 1. The number of para-hydroxylation sites is 1. The molecule has 3 atom stereocenters. The number of hydrogen-bond acceptors (Lipinski definition) is 7. The van der Waals surface area contributed by atoms with Gasteiger partial charge in [0.25, 0.3) is 0 Å². The van der Waals surface area contributed by atoms with Crippen LogP contribution in [-0.4, -0.2) is 36.2 Å². The minimum Gasteiger partial charge on any atom is -0.618 e. The van der Waals surface area contributed by atoms with Crippen molar-refractivity contribution in [3.05, 3.63) is 53.5 Å². The Hall–Kier alpha value is -3.29. The van der Waals surface area contributed by atoms with Gasteiger partial charge in [-0.25, -0.2) is 0 Å². The van der Waals surface area contributed by atoms with Crippen LogP contribution in [0.4, 0.5) is 0 Å². The summed E-state index contributed by atoms with van der Waals surface area (Å²) in [4.78, 5) is 25.4. The first-order valence-corrected chi connectivity index (χ1v) is 10.6.